The number of nitrogens with one attached hydrogen (secondary N) is 1. The third-order valence-electron chi connectivity index (χ3n) is 8.63. The summed E-state index contributed by atoms with van der Waals surface area (Å²) in [7, 11) is -4.11. The van der Waals surface area contributed by atoms with E-state index in [9.17, 15) is 39.6 Å². The van der Waals surface area contributed by atoms with Crippen LogP contribution in [0.4, 0.5) is 26.3 Å². The molecule has 2 N–H and O–H groups in total. The maximum Gasteiger partial charge on any atom is 0.416 e. The maximum absolute atomic E-state index is 14.6. The van der Waals surface area contributed by atoms with Crippen LogP contribution in [0.3, 0.4) is 0 Å². The Hall–Kier alpha value is -5.58. The molecule has 4 aromatic carbocycles. The molecule has 0 spiro atoms. The second-order valence-corrected chi connectivity index (χ2v) is 14.5. The Bertz CT molecular complexity index is 2140. The van der Waals surface area contributed by atoms with Crippen molar-refractivity contribution in [1.82, 2.24) is 5.32 Å². The second kappa shape index (κ2) is 16.8. The van der Waals surface area contributed by atoms with Crippen molar-refractivity contribution in [2.75, 3.05) is 19.0 Å². The fourth-order valence-electron chi connectivity index (χ4n) is 5.88. The van der Waals surface area contributed by atoms with Gasteiger partial charge in [0.2, 0.25) is 5.90 Å². The van der Waals surface area contributed by atoms with E-state index in [0.717, 1.165) is 0 Å². The standard InChI is InChI=1S/C37H33F6N5O6S/c38-36(39,40)27-19-24(20-28(21-27)37(41,42)43)22-45-34(50)35(15-18-55(51,52)30-8-2-1-3-9-30)32(31-10-5-4-7-26(31)23-46-48-44)54-33(47-35)25-11-13-29(14-12-25)53-17-6-16-49/h1-5,7-14,19-21,32,49H,6,15-18,22-23H2,(H,45,50)/t32-,35-/m1/s1. The minimum atomic E-state index is -5.15. The highest BCUT2D eigenvalue weighted by Crippen LogP contribution is 2.45. The Morgan fingerprint density at radius 2 is 1.58 bits per heavy atom. The van der Waals surface area contributed by atoms with Crippen molar-refractivity contribution < 1.29 is 54.1 Å². The highest BCUT2D eigenvalue weighted by Gasteiger charge is 2.54. The van der Waals surface area contributed by atoms with Crippen LogP contribution in [0.5, 0.6) is 5.75 Å². The van der Waals surface area contributed by atoms with Gasteiger partial charge in [0.05, 0.1) is 34.9 Å². The van der Waals surface area contributed by atoms with Crippen molar-refractivity contribution in [3.8, 4) is 5.75 Å². The summed E-state index contributed by atoms with van der Waals surface area (Å²) in [6.07, 6.45) is -11.9. The van der Waals surface area contributed by atoms with E-state index in [2.05, 4.69) is 20.3 Å². The largest absolute Gasteiger partial charge is 0.494 e. The number of nitrogens with zero attached hydrogens (tertiary/aromatic N) is 4. The number of aliphatic hydroxyl groups excluding tert-OH is 1. The number of aliphatic hydroxyl groups is 1. The van der Waals surface area contributed by atoms with Crippen molar-refractivity contribution in [3.05, 3.63) is 141 Å². The van der Waals surface area contributed by atoms with Crippen LogP contribution in [0.2, 0.25) is 0 Å². The minimum absolute atomic E-state index is 0.0394. The average molecular weight is 790 g/mol. The zero-order chi connectivity index (χ0) is 39.9. The monoisotopic (exact) mass is 789 g/mol. The van der Waals surface area contributed by atoms with Gasteiger partial charge in [-0.1, -0.05) is 47.6 Å². The van der Waals surface area contributed by atoms with Crippen LogP contribution in [0.15, 0.2) is 112 Å². The fourth-order valence-corrected chi connectivity index (χ4v) is 7.27. The van der Waals surface area contributed by atoms with E-state index in [4.69, 9.17) is 20.1 Å². The molecule has 0 unspecified atom stereocenters. The smallest absolute Gasteiger partial charge is 0.416 e. The summed E-state index contributed by atoms with van der Waals surface area (Å²) < 4.78 is 121. The van der Waals surface area contributed by atoms with E-state index >= 15 is 0 Å². The normalized spacial score (nSPS) is 17.1. The van der Waals surface area contributed by atoms with Gasteiger partial charge in [-0.05, 0) is 76.8 Å². The van der Waals surface area contributed by atoms with Gasteiger partial charge >= 0.3 is 12.4 Å². The van der Waals surface area contributed by atoms with Crippen LogP contribution >= 0.6 is 0 Å². The minimum Gasteiger partial charge on any atom is -0.494 e. The number of carbonyl (C=O) groups is 1. The van der Waals surface area contributed by atoms with Crippen molar-refractivity contribution in [1.29, 1.82) is 0 Å². The molecule has 55 heavy (non-hydrogen) atoms. The third kappa shape index (κ3) is 9.75. The molecule has 0 radical (unpaired) electrons. The molecule has 0 aliphatic carbocycles. The number of hydrogen-bond acceptors (Lipinski definition) is 8. The van der Waals surface area contributed by atoms with Crippen LogP contribution in [-0.4, -0.2) is 49.8 Å². The van der Waals surface area contributed by atoms with Gasteiger partial charge < -0.3 is 19.9 Å². The van der Waals surface area contributed by atoms with Gasteiger partial charge in [0.15, 0.2) is 21.5 Å². The lowest BCUT2D eigenvalue weighted by atomic mass is 9.83. The first-order valence-corrected chi connectivity index (χ1v) is 18.3. The van der Waals surface area contributed by atoms with Crippen LogP contribution < -0.4 is 10.1 Å². The highest BCUT2D eigenvalue weighted by atomic mass is 32.2. The molecule has 1 amide bonds. The lowest BCUT2D eigenvalue weighted by Crippen LogP contribution is -2.49. The van der Waals surface area contributed by atoms with Gasteiger partial charge in [-0.25, -0.2) is 13.4 Å². The fraction of sp³-hybridized carbons (Fsp3) is 0.297. The summed E-state index contributed by atoms with van der Waals surface area (Å²) in [5, 5.41) is 15.1. The number of rotatable bonds is 15. The van der Waals surface area contributed by atoms with Crippen molar-refractivity contribution in [2.24, 2.45) is 10.1 Å². The van der Waals surface area contributed by atoms with Crippen LogP contribution in [0, 0.1) is 0 Å². The number of halogens is 6. The summed E-state index contributed by atoms with van der Waals surface area (Å²) in [6.45, 7) is -0.942. The van der Waals surface area contributed by atoms with Gasteiger partial charge in [-0.2, -0.15) is 26.3 Å². The summed E-state index contributed by atoms with van der Waals surface area (Å²) in [5.41, 5.74) is 4.07. The number of hydrogen-bond donors (Lipinski definition) is 2. The SMILES string of the molecule is [N-]=[N+]=NCc1ccccc1[C@H]1OC(c2ccc(OCCCO)cc2)=N[C@@]1(CCS(=O)(=O)c1ccccc1)C(=O)NCc1cc(C(F)(F)F)cc(C(F)(F)F)c1. The Kier molecular flexibility index (Phi) is 12.4. The summed E-state index contributed by atoms with van der Waals surface area (Å²) in [6, 6.07) is 20.8. The van der Waals surface area contributed by atoms with Crippen molar-refractivity contribution in [2.45, 2.75) is 54.8 Å². The molecule has 0 bridgehead atoms. The Morgan fingerprint density at radius 3 is 2.20 bits per heavy atom. The van der Waals surface area contributed by atoms with E-state index in [1.807, 2.05) is 0 Å². The van der Waals surface area contributed by atoms with Crippen molar-refractivity contribution >= 4 is 21.6 Å². The molecule has 1 aliphatic heterocycles. The first-order chi connectivity index (χ1) is 26.1. The number of ether oxygens (including phenoxy) is 2. The molecule has 0 saturated carbocycles. The predicted octanol–water partition coefficient (Wildman–Crippen LogP) is 7.73. The second-order valence-electron chi connectivity index (χ2n) is 12.4. The number of benzene rings is 4. The molecule has 290 valence electrons. The molecule has 4 aromatic rings. The van der Waals surface area contributed by atoms with Gasteiger partial charge in [-0.15, -0.1) is 0 Å². The van der Waals surface area contributed by atoms with Crippen molar-refractivity contribution in [3.63, 3.8) is 0 Å². The number of sulfone groups is 1. The molecule has 1 aliphatic rings. The number of alkyl halides is 6. The molecule has 11 nitrogen and oxygen atoms in total. The lowest BCUT2D eigenvalue weighted by molar-refractivity contribution is -0.143. The summed E-state index contributed by atoms with van der Waals surface area (Å²) in [4.78, 5) is 22.0. The number of amides is 1. The first kappa shape index (κ1) is 40.6. The molecule has 5 rings (SSSR count). The van der Waals surface area contributed by atoms with E-state index in [-0.39, 0.29) is 42.2 Å². The maximum atomic E-state index is 14.6. The molecule has 2 atom stereocenters. The Balaban J connectivity index is 1.63. The first-order valence-electron chi connectivity index (χ1n) is 16.6. The van der Waals surface area contributed by atoms with Crippen LogP contribution in [-0.2, 0) is 44.8 Å². The van der Waals surface area contributed by atoms with Gasteiger partial charge in [0.1, 0.15) is 5.75 Å². The molecule has 18 heteroatoms. The van der Waals surface area contributed by atoms with Gasteiger partial charge in [0, 0.05) is 36.5 Å². The molecular weight excluding hydrogens is 756 g/mol. The quantitative estimate of drug-likeness (QED) is 0.0412. The van der Waals surface area contributed by atoms with E-state index in [1.54, 1.807) is 54.6 Å². The molecule has 0 fully saturated rings. The zero-order valence-corrected chi connectivity index (χ0v) is 29.5. The van der Waals surface area contributed by atoms with E-state index in [1.165, 1.54) is 24.3 Å². The number of carbonyl (C=O) groups excluding carboxylic acids is 1. The molecular formula is C37H33F6N5O6S. The highest BCUT2D eigenvalue weighted by molar-refractivity contribution is 7.91. The summed E-state index contributed by atoms with van der Waals surface area (Å²) >= 11 is 0. The average Bonchev–Trinajstić information content (AvgIpc) is 3.56. The number of aliphatic imine (C=N–C) groups is 1. The van der Waals surface area contributed by atoms with Gasteiger partial charge in [0.25, 0.3) is 5.91 Å². The topological polar surface area (TPSA) is 163 Å². The predicted molar refractivity (Wildman–Crippen MR) is 187 cm³/mol. The van der Waals surface area contributed by atoms with Gasteiger partial charge in [-0.3, -0.25) is 4.79 Å². The Labute approximate surface area is 311 Å². The molecule has 1 heterocycles. The van der Waals surface area contributed by atoms with Crippen LogP contribution in [0.1, 0.15) is 52.3 Å². The molecule has 0 saturated heterocycles. The third-order valence-corrected chi connectivity index (χ3v) is 10.4. The van der Waals surface area contributed by atoms with Crippen LogP contribution in [0.25, 0.3) is 10.4 Å². The Morgan fingerprint density at radius 1 is 0.945 bits per heavy atom. The lowest BCUT2D eigenvalue weighted by Gasteiger charge is -2.31. The zero-order valence-electron chi connectivity index (χ0n) is 28.7. The van der Waals surface area contributed by atoms with E-state index in [0.29, 0.717) is 35.4 Å². The summed E-state index contributed by atoms with van der Waals surface area (Å²) in [5.74, 6) is -1.48. The number of azide groups is 1. The molecule has 0 aromatic heterocycles. The van der Waals surface area contributed by atoms with E-state index < -0.39 is 75.1 Å².